The van der Waals surface area contributed by atoms with E-state index >= 15 is 0 Å². The summed E-state index contributed by atoms with van der Waals surface area (Å²) >= 11 is 3.25. The number of fused-ring (bicyclic) bond motifs is 1. The number of benzene rings is 1. The molecule has 1 aromatic rings. The molecule has 0 saturated heterocycles. The average Bonchev–Trinajstić information content (AvgIpc) is 3.08. The van der Waals surface area contributed by atoms with Gasteiger partial charge in [-0.2, -0.15) is 5.10 Å². The minimum Gasteiger partial charge on any atom is -0.507 e. The minimum atomic E-state index is 0.0403. The Labute approximate surface area is 132 Å². The number of hydrazone groups is 1. The Balaban J connectivity index is 1.59. The van der Waals surface area contributed by atoms with Crippen LogP contribution in [0.3, 0.4) is 0 Å². The minimum absolute atomic E-state index is 0.0403. The second-order valence-corrected chi connectivity index (χ2v) is 7.14. The van der Waals surface area contributed by atoms with E-state index in [1.165, 1.54) is 19.3 Å². The fraction of sp³-hybridized carbons (Fsp3) is 0.500. The predicted octanol–water partition coefficient (Wildman–Crippen LogP) is 3.43. The molecule has 3 atom stereocenters. The van der Waals surface area contributed by atoms with Crippen molar-refractivity contribution >= 4 is 28.1 Å². The lowest BCUT2D eigenvalue weighted by molar-refractivity contribution is -0.123. The van der Waals surface area contributed by atoms with Crippen molar-refractivity contribution in [2.45, 2.75) is 32.6 Å². The lowest BCUT2D eigenvalue weighted by Crippen LogP contribution is -2.22. The summed E-state index contributed by atoms with van der Waals surface area (Å²) in [6, 6.07) is 5.08. The van der Waals surface area contributed by atoms with Gasteiger partial charge in [-0.25, -0.2) is 5.43 Å². The molecule has 0 heterocycles. The fourth-order valence-electron chi connectivity index (χ4n) is 3.69. The van der Waals surface area contributed by atoms with Gasteiger partial charge in [-0.05, 0) is 63.9 Å². The molecule has 2 fully saturated rings. The van der Waals surface area contributed by atoms with Crippen LogP contribution in [0, 0.1) is 17.3 Å². The van der Waals surface area contributed by atoms with Crippen LogP contribution in [0.2, 0.25) is 0 Å². The van der Waals surface area contributed by atoms with Gasteiger partial charge in [0.05, 0.1) is 10.7 Å². The largest absolute Gasteiger partial charge is 0.507 e. The Hall–Kier alpha value is -1.36. The maximum absolute atomic E-state index is 12.2. The average molecular weight is 351 g/mol. The second-order valence-electron chi connectivity index (χ2n) is 6.28. The molecular formula is C16H19BrN2O2. The topological polar surface area (TPSA) is 61.7 Å². The standard InChI is InChI=1S/C16H19BrN2O2/c1-16-7-3-2-4-11(16)14(16)15(21)19-18-9-10-5-6-13(20)12(17)8-10/h5-6,8-9,11,14,20H,2-4,7H2,1H3,(H,19,21)/b18-9-/t11-,14-,16-/m1/s1. The maximum atomic E-state index is 12.2. The van der Waals surface area contributed by atoms with E-state index in [4.69, 9.17) is 0 Å². The first-order chi connectivity index (χ1) is 10.0. The molecular weight excluding hydrogens is 332 g/mol. The maximum Gasteiger partial charge on any atom is 0.244 e. The van der Waals surface area contributed by atoms with Crippen molar-refractivity contribution in [3.05, 3.63) is 28.2 Å². The molecule has 3 rings (SSSR count). The SMILES string of the molecule is C[C@@]12CCCC[C@@H]1[C@@H]2C(=O)N/N=C\c1ccc(O)c(Br)c1. The molecule has 2 saturated carbocycles. The van der Waals surface area contributed by atoms with E-state index in [1.54, 1.807) is 24.4 Å². The van der Waals surface area contributed by atoms with E-state index in [2.05, 4.69) is 33.4 Å². The number of carbonyl (C=O) groups is 1. The van der Waals surface area contributed by atoms with E-state index in [-0.39, 0.29) is 23.0 Å². The highest BCUT2D eigenvalue weighted by atomic mass is 79.9. The molecule has 0 aromatic heterocycles. The van der Waals surface area contributed by atoms with Gasteiger partial charge < -0.3 is 5.11 Å². The van der Waals surface area contributed by atoms with Gasteiger partial charge in [0, 0.05) is 5.92 Å². The molecule has 21 heavy (non-hydrogen) atoms. The Morgan fingerprint density at radius 2 is 2.33 bits per heavy atom. The van der Waals surface area contributed by atoms with Crippen molar-refractivity contribution in [1.82, 2.24) is 5.43 Å². The van der Waals surface area contributed by atoms with Crippen molar-refractivity contribution in [2.24, 2.45) is 22.4 Å². The van der Waals surface area contributed by atoms with Gasteiger partial charge >= 0.3 is 0 Å². The number of rotatable bonds is 3. The number of nitrogens with one attached hydrogen (secondary N) is 1. The highest BCUT2D eigenvalue weighted by molar-refractivity contribution is 9.10. The molecule has 0 spiro atoms. The van der Waals surface area contributed by atoms with Crippen LogP contribution in [0.15, 0.2) is 27.8 Å². The molecule has 4 nitrogen and oxygen atoms in total. The van der Waals surface area contributed by atoms with Gasteiger partial charge in [0.1, 0.15) is 5.75 Å². The number of phenols is 1. The quantitative estimate of drug-likeness (QED) is 0.647. The first-order valence-electron chi connectivity index (χ1n) is 7.34. The zero-order valence-corrected chi connectivity index (χ0v) is 13.6. The summed E-state index contributed by atoms with van der Waals surface area (Å²) in [6.45, 7) is 2.22. The molecule has 1 aromatic carbocycles. The van der Waals surface area contributed by atoms with Gasteiger partial charge in [0.25, 0.3) is 0 Å². The summed E-state index contributed by atoms with van der Waals surface area (Å²) in [5.74, 6) is 0.901. The summed E-state index contributed by atoms with van der Waals surface area (Å²) < 4.78 is 0.610. The molecule has 2 aliphatic carbocycles. The third-order valence-corrected chi connectivity index (χ3v) is 5.61. The van der Waals surface area contributed by atoms with Crippen LogP contribution < -0.4 is 5.43 Å². The van der Waals surface area contributed by atoms with Crippen molar-refractivity contribution in [2.75, 3.05) is 0 Å². The normalized spacial score (nSPS) is 31.0. The van der Waals surface area contributed by atoms with E-state index in [0.717, 1.165) is 12.0 Å². The second kappa shape index (κ2) is 5.44. The first-order valence-corrected chi connectivity index (χ1v) is 8.13. The highest BCUT2D eigenvalue weighted by Gasteiger charge is 2.64. The smallest absolute Gasteiger partial charge is 0.244 e. The number of aromatic hydroxyl groups is 1. The molecule has 0 aliphatic heterocycles. The van der Waals surface area contributed by atoms with Gasteiger partial charge in [-0.1, -0.05) is 19.8 Å². The van der Waals surface area contributed by atoms with Crippen LogP contribution >= 0.6 is 15.9 Å². The van der Waals surface area contributed by atoms with Crippen LogP contribution in [0.4, 0.5) is 0 Å². The van der Waals surface area contributed by atoms with E-state index in [9.17, 15) is 9.90 Å². The summed E-state index contributed by atoms with van der Waals surface area (Å²) in [4.78, 5) is 12.2. The van der Waals surface area contributed by atoms with Crippen LogP contribution in [0.25, 0.3) is 0 Å². The molecule has 0 bridgehead atoms. The number of carbonyl (C=O) groups excluding carboxylic acids is 1. The summed E-state index contributed by atoms with van der Waals surface area (Å²) in [5, 5.41) is 13.5. The molecule has 5 heteroatoms. The van der Waals surface area contributed by atoms with Gasteiger partial charge in [-0.15, -0.1) is 0 Å². The van der Waals surface area contributed by atoms with Gasteiger partial charge in [0.2, 0.25) is 5.91 Å². The predicted molar refractivity (Wildman–Crippen MR) is 85.1 cm³/mol. The third kappa shape index (κ3) is 2.71. The van der Waals surface area contributed by atoms with Crippen molar-refractivity contribution in [1.29, 1.82) is 0 Å². The number of hydrogen-bond acceptors (Lipinski definition) is 3. The van der Waals surface area contributed by atoms with Crippen LogP contribution in [0.1, 0.15) is 38.2 Å². The zero-order valence-electron chi connectivity index (χ0n) is 12.0. The molecule has 2 N–H and O–H groups in total. The molecule has 2 aliphatic rings. The number of nitrogens with zero attached hydrogens (tertiary/aromatic N) is 1. The van der Waals surface area contributed by atoms with E-state index in [1.807, 2.05) is 0 Å². The van der Waals surface area contributed by atoms with E-state index < -0.39 is 0 Å². The van der Waals surface area contributed by atoms with Crippen molar-refractivity contribution in [3.8, 4) is 5.75 Å². The zero-order chi connectivity index (χ0) is 15.0. The Kier molecular flexibility index (Phi) is 3.78. The molecule has 112 valence electrons. The number of phenolic OH excluding ortho intramolecular Hbond substituents is 1. The number of halogens is 1. The number of hydrogen-bond donors (Lipinski definition) is 2. The highest BCUT2D eigenvalue weighted by Crippen LogP contribution is 2.66. The van der Waals surface area contributed by atoms with Crippen LogP contribution in [-0.2, 0) is 4.79 Å². The number of amides is 1. The first kappa shape index (κ1) is 14.6. The molecule has 0 radical (unpaired) electrons. The van der Waals surface area contributed by atoms with E-state index in [0.29, 0.717) is 10.4 Å². The summed E-state index contributed by atoms with van der Waals surface area (Å²) in [7, 11) is 0. The summed E-state index contributed by atoms with van der Waals surface area (Å²) in [5.41, 5.74) is 3.69. The Morgan fingerprint density at radius 1 is 1.52 bits per heavy atom. The molecule has 1 amide bonds. The monoisotopic (exact) mass is 350 g/mol. The lowest BCUT2D eigenvalue weighted by atomic mass is 9.90. The van der Waals surface area contributed by atoms with Crippen molar-refractivity contribution < 1.29 is 9.90 Å². The summed E-state index contributed by atoms with van der Waals surface area (Å²) in [6.07, 6.45) is 6.40. The van der Waals surface area contributed by atoms with Crippen LogP contribution in [0.5, 0.6) is 5.75 Å². The fourth-order valence-corrected chi connectivity index (χ4v) is 4.09. The third-order valence-electron chi connectivity index (χ3n) is 4.97. The lowest BCUT2D eigenvalue weighted by Gasteiger charge is -2.15. The van der Waals surface area contributed by atoms with Crippen molar-refractivity contribution in [3.63, 3.8) is 0 Å². The van der Waals surface area contributed by atoms with Gasteiger partial charge in [0.15, 0.2) is 0 Å². The Bertz CT molecular complexity index is 602. The van der Waals surface area contributed by atoms with Gasteiger partial charge in [-0.3, -0.25) is 4.79 Å². The molecule has 0 unspecified atom stereocenters. The Morgan fingerprint density at radius 3 is 3.00 bits per heavy atom. The van der Waals surface area contributed by atoms with Crippen LogP contribution in [-0.4, -0.2) is 17.2 Å².